The zero-order chi connectivity index (χ0) is 16.8. The van der Waals surface area contributed by atoms with Gasteiger partial charge in [0, 0.05) is 13.2 Å². The molecule has 1 fully saturated rings. The van der Waals surface area contributed by atoms with Crippen molar-refractivity contribution in [3.63, 3.8) is 0 Å². The molecule has 3 aromatic heterocycles. The van der Waals surface area contributed by atoms with Crippen molar-refractivity contribution in [1.82, 2.24) is 34.3 Å². The number of alkyl halides is 1. The maximum Gasteiger partial charge on any atom is 0.245 e. The number of fused-ring (bicyclic) bond motifs is 1. The first kappa shape index (κ1) is 14.7. The largest absolute Gasteiger partial charge is 0.334 e. The first-order valence-electron chi connectivity index (χ1n) is 7.68. The third-order valence-electron chi connectivity index (χ3n) is 4.01. The molecule has 0 saturated carbocycles. The topological polar surface area (TPSA) is 77.0 Å². The smallest absolute Gasteiger partial charge is 0.245 e. The van der Waals surface area contributed by atoms with E-state index >= 15 is 0 Å². The van der Waals surface area contributed by atoms with E-state index in [2.05, 4.69) is 25.1 Å². The summed E-state index contributed by atoms with van der Waals surface area (Å²) in [6, 6.07) is 0. The second-order valence-electron chi connectivity index (χ2n) is 5.92. The van der Waals surface area contributed by atoms with Crippen LogP contribution < -0.4 is 4.90 Å². The number of halogens is 1. The molecule has 0 atom stereocenters. The van der Waals surface area contributed by atoms with Crippen molar-refractivity contribution in [2.45, 2.75) is 20.0 Å². The van der Waals surface area contributed by atoms with Gasteiger partial charge in [-0.3, -0.25) is 4.98 Å². The quantitative estimate of drug-likeness (QED) is 0.719. The van der Waals surface area contributed by atoms with Crippen LogP contribution in [0.4, 0.5) is 10.3 Å². The molecule has 4 heterocycles. The molecule has 124 valence electrons. The summed E-state index contributed by atoms with van der Waals surface area (Å²) in [6.45, 7) is 4.54. The number of hydrogen-bond acceptors (Lipinski definition) is 6. The molecular weight excluding hydrogens is 311 g/mol. The first-order chi connectivity index (χ1) is 11.5. The summed E-state index contributed by atoms with van der Waals surface area (Å²) in [5.74, 6) is 1.79. The van der Waals surface area contributed by atoms with Gasteiger partial charge in [0.15, 0.2) is 17.3 Å². The summed E-state index contributed by atoms with van der Waals surface area (Å²) in [5.41, 5.74) is 2.48. The molecule has 1 aliphatic heterocycles. The SMILES string of the molecule is Cc1ncc(C)n2nc(/C=C/c3nc(N4CC(F)C4)nn3C)nc12. The van der Waals surface area contributed by atoms with Crippen molar-refractivity contribution in [2.24, 2.45) is 7.05 Å². The molecule has 0 bridgehead atoms. The minimum Gasteiger partial charge on any atom is -0.334 e. The van der Waals surface area contributed by atoms with Crippen LogP contribution in [0.2, 0.25) is 0 Å². The molecule has 9 heteroatoms. The van der Waals surface area contributed by atoms with Gasteiger partial charge >= 0.3 is 0 Å². The molecule has 1 saturated heterocycles. The van der Waals surface area contributed by atoms with Gasteiger partial charge in [0.05, 0.1) is 24.5 Å². The maximum absolute atomic E-state index is 13.0. The van der Waals surface area contributed by atoms with E-state index in [1.807, 2.05) is 18.7 Å². The predicted molar refractivity (Wildman–Crippen MR) is 87.3 cm³/mol. The van der Waals surface area contributed by atoms with Gasteiger partial charge in [-0.1, -0.05) is 0 Å². The number of rotatable bonds is 3. The second kappa shape index (κ2) is 5.36. The van der Waals surface area contributed by atoms with Crippen molar-refractivity contribution >= 4 is 23.7 Å². The van der Waals surface area contributed by atoms with Crippen molar-refractivity contribution < 1.29 is 4.39 Å². The fourth-order valence-corrected chi connectivity index (χ4v) is 2.58. The Labute approximate surface area is 137 Å². The van der Waals surface area contributed by atoms with Crippen LogP contribution in [0.1, 0.15) is 23.0 Å². The highest BCUT2D eigenvalue weighted by Crippen LogP contribution is 2.19. The highest BCUT2D eigenvalue weighted by molar-refractivity contribution is 5.65. The molecule has 0 spiro atoms. The van der Waals surface area contributed by atoms with Crippen LogP contribution in [-0.2, 0) is 7.05 Å². The van der Waals surface area contributed by atoms with Crippen LogP contribution in [0.5, 0.6) is 0 Å². The van der Waals surface area contributed by atoms with Crippen LogP contribution in [0.3, 0.4) is 0 Å². The molecule has 0 aliphatic carbocycles. The van der Waals surface area contributed by atoms with Gasteiger partial charge in [-0.15, -0.1) is 10.2 Å². The van der Waals surface area contributed by atoms with E-state index < -0.39 is 6.17 Å². The molecule has 0 amide bonds. The Morgan fingerprint density at radius 2 is 1.96 bits per heavy atom. The number of hydrogen-bond donors (Lipinski definition) is 0. The summed E-state index contributed by atoms with van der Waals surface area (Å²) in [4.78, 5) is 15.0. The molecule has 0 N–H and O–H groups in total. The number of aromatic nitrogens is 7. The summed E-state index contributed by atoms with van der Waals surface area (Å²) < 4.78 is 16.4. The van der Waals surface area contributed by atoms with E-state index in [1.54, 1.807) is 34.6 Å². The van der Waals surface area contributed by atoms with Crippen molar-refractivity contribution in [1.29, 1.82) is 0 Å². The van der Waals surface area contributed by atoms with Crippen molar-refractivity contribution in [3.05, 3.63) is 29.2 Å². The standard InChI is InChI=1S/C15H17FN8/c1-9-6-17-10(2)14-18-12(20-24(9)14)4-5-13-19-15(21-22(13)3)23-7-11(16)8-23/h4-6,11H,7-8H2,1-3H3/b5-4+. The minimum absolute atomic E-state index is 0.354. The van der Waals surface area contributed by atoms with Crippen molar-refractivity contribution in [3.8, 4) is 0 Å². The van der Waals surface area contributed by atoms with Crippen LogP contribution in [0.25, 0.3) is 17.8 Å². The highest BCUT2D eigenvalue weighted by atomic mass is 19.1. The lowest BCUT2D eigenvalue weighted by Gasteiger charge is -2.33. The average Bonchev–Trinajstić information content (AvgIpc) is 3.10. The maximum atomic E-state index is 13.0. The van der Waals surface area contributed by atoms with E-state index in [1.165, 1.54) is 0 Å². The Morgan fingerprint density at radius 1 is 1.17 bits per heavy atom. The highest BCUT2D eigenvalue weighted by Gasteiger charge is 2.29. The molecule has 0 unspecified atom stereocenters. The fourth-order valence-electron chi connectivity index (χ4n) is 2.58. The van der Waals surface area contributed by atoms with Crippen LogP contribution in [0.15, 0.2) is 6.20 Å². The molecular formula is C15H17FN8. The first-order valence-corrected chi connectivity index (χ1v) is 7.68. The third kappa shape index (κ3) is 2.41. The molecule has 3 aromatic rings. The van der Waals surface area contributed by atoms with Crippen molar-refractivity contribution in [2.75, 3.05) is 18.0 Å². The molecule has 1 aliphatic rings. The summed E-state index contributed by atoms with van der Waals surface area (Å²) >= 11 is 0. The monoisotopic (exact) mass is 328 g/mol. The van der Waals surface area contributed by atoms with E-state index in [9.17, 15) is 4.39 Å². The van der Waals surface area contributed by atoms with Gasteiger partial charge in [-0.2, -0.15) is 4.98 Å². The van der Waals surface area contributed by atoms with Gasteiger partial charge < -0.3 is 4.90 Å². The lowest BCUT2D eigenvalue weighted by atomic mass is 10.2. The Morgan fingerprint density at radius 3 is 2.67 bits per heavy atom. The zero-order valence-electron chi connectivity index (χ0n) is 13.7. The fraction of sp³-hybridized carbons (Fsp3) is 0.400. The van der Waals surface area contributed by atoms with Gasteiger partial charge in [-0.05, 0) is 26.0 Å². The number of anilines is 1. The second-order valence-corrected chi connectivity index (χ2v) is 5.92. The summed E-state index contributed by atoms with van der Waals surface area (Å²) in [6.07, 6.45) is 4.57. The molecule has 0 aromatic carbocycles. The predicted octanol–water partition coefficient (Wildman–Crippen LogP) is 1.20. The normalized spacial score (nSPS) is 15.6. The molecule has 0 radical (unpaired) electrons. The lowest BCUT2D eigenvalue weighted by Crippen LogP contribution is -2.49. The van der Waals surface area contributed by atoms with Crippen LogP contribution >= 0.6 is 0 Å². The third-order valence-corrected chi connectivity index (χ3v) is 4.01. The van der Waals surface area contributed by atoms with Gasteiger partial charge in [0.25, 0.3) is 0 Å². The van der Waals surface area contributed by atoms with Crippen LogP contribution in [-0.4, -0.2) is 53.6 Å². The van der Waals surface area contributed by atoms with Gasteiger partial charge in [0.2, 0.25) is 5.95 Å². The Hall–Kier alpha value is -2.84. The zero-order valence-corrected chi connectivity index (χ0v) is 13.7. The van der Waals surface area contributed by atoms with Crippen LogP contribution in [0, 0.1) is 13.8 Å². The number of aryl methyl sites for hydroxylation is 3. The Bertz CT molecular complexity index is 895. The molecule has 24 heavy (non-hydrogen) atoms. The summed E-state index contributed by atoms with van der Waals surface area (Å²) in [5, 5.41) is 8.77. The number of nitrogens with zero attached hydrogens (tertiary/aromatic N) is 8. The van der Waals surface area contributed by atoms with E-state index in [-0.39, 0.29) is 0 Å². The van der Waals surface area contributed by atoms with Gasteiger partial charge in [0.1, 0.15) is 6.17 Å². The van der Waals surface area contributed by atoms with Gasteiger partial charge in [-0.25, -0.2) is 18.6 Å². The average molecular weight is 328 g/mol. The van der Waals surface area contributed by atoms with E-state index in [0.717, 1.165) is 17.0 Å². The van der Waals surface area contributed by atoms with E-state index in [0.29, 0.717) is 30.7 Å². The Kier molecular flexibility index (Phi) is 3.29. The molecule has 8 nitrogen and oxygen atoms in total. The Balaban J connectivity index is 1.61. The van der Waals surface area contributed by atoms with E-state index in [4.69, 9.17) is 0 Å². The lowest BCUT2D eigenvalue weighted by molar-refractivity contribution is 0.272. The summed E-state index contributed by atoms with van der Waals surface area (Å²) in [7, 11) is 1.80. The minimum atomic E-state index is -0.782. The molecule has 4 rings (SSSR count).